The van der Waals surface area contributed by atoms with Gasteiger partial charge in [0.15, 0.2) is 0 Å². The number of carboxylic acids is 1. The lowest BCUT2D eigenvalue weighted by Gasteiger charge is -2.43. The predicted octanol–water partition coefficient (Wildman–Crippen LogP) is 0.820. The van der Waals surface area contributed by atoms with Crippen LogP contribution in [0, 0.1) is 11.3 Å². The molecule has 1 atom stereocenters. The van der Waals surface area contributed by atoms with Gasteiger partial charge in [0.2, 0.25) is 0 Å². The lowest BCUT2D eigenvalue weighted by atomic mass is 9.86. The maximum absolute atomic E-state index is 10.9. The van der Waals surface area contributed by atoms with Gasteiger partial charge in [-0.3, -0.25) is 4.79 Å². The fraction of sp³-hybridized carbons (Fsp3) is 0.909. The standard InChI is InChI=1S/C11H19NO3/c1-11(7-15-8-11)6-12-4-2-3-9(5-12)10(13)14/h9H,2-8H2,1H3,(H,13,14). The first-order valence-corrected chi connectivity index (χ1v) is 5.62. The molecule has 0 aromatic rings. The zero-order valence-electron chi connectivity index (χ0n) is 9.24. The highest BCUT2D eigenvalue weighted by Gasteiger charge is 2.37. The van der Waals surface area contributed by atoms with Crippen LogP contribution >= 0.6 is 0 Å². The van der Waals surface area contributed by atoms with Crippen molar-refractivity contribution >= 4 is 5.97 Å². The molecule has 15 heavy (non-hydrogen) atoms. The topological polar surface area (TPSA) is 49.8 Å². The number of aliphatic carboxylic acids is 1. The van der Waals surface area contributed by atoms with Crippen molar-refractivity contribution in [3.8, 4) is 0 Å². The van der Waals surface area contributed by atoms with Gasteiger partial charge in [0, 0.05) is 18.5 Å². The number of likely N-dealkylation sites (tertiary alicyclic amines) is 1. The van der Waals surface area contributed by atoms with Gasteiger partial charge in [-0.25, -0.2) is 0 Å². The van der Waals surface area contributed by atoms with Crippen molar-refractivity contribution < 1.29 is 14.6 Å². The van der Waals surface area contributed by atoms with E-state index in [2.05, 4.69) is 11.8 Å². The van der Waals surface area contributed by atoms with Crippen LogP contribution in [0.4, 0.5) is 0 Å². The summed E-state index contributed by atoms with van der Waals surface area (Å²) in [5.74, 6) is -0.807. The molecule has 0 amide bonds. The van der Waals surface area contributed by atoms with E-state index in [4.69, 9.17) is 9.84 Å². The molecular formula is C11H19NO3. The number of ether oxygens (including phenoxy) is 1. The first-order valence-electron chi connectivity index (χ1n) is 5.62. The van der Waals surface area contributed by atoms with Crippen LogP contribution in [0.2, 0.25) is 0 Å². The Morgan fingerprint density at radius 1 is 1.60 bits per heavy atom. The fourth-order valence-electron chi connectivity index (χ4n) is 2.48. The van der Waals surface area contributed by atoms with Crippen molar-refractivity contribution in [3.63, 3.8) is 0 Å². The van der Waals surface area contributed by atoms with E-state index >= 15 is 0 Å². The summed E-state index contributed by atoms with van der Waals surface area (Å²) in [5, 5.41) is 8.97. The van der Waals surface area contributed by atoms with Crippen molar-refractivity contribution in [2.24, 2.45) is 11.3 Å². The number of piperidine rings is 1. The highest BCUT2D eigenvalue weighted by molar-refractivity contribution is 5.70. The van der Waals surface area contributed by atoms with E-state index in [9.17, 15) is 4.79 Å². The van der Waals surface area contributed by atoms with Crippen molar-refractivity contribution in [2.45, 2.75) is 19.8 Å². The molecule has 1 unspecified atom stereocenters. The first kappa shape index (κ1) is 10.9. The Balaban J connectivity index is 1.84. The molecule has 2 heterocycles. The lowest BCUT2D eigenvalue weighted by Crippen LogP contribution is -2.51. The SMILES string of the molecule is CC1(CN2CCCC(C(=O)O)C2)COC1. The molecule has 0 aromatic heterocycles. The Morgan fingerprint density at radius 2 is 2.33 bits per heavy atom. The maximum Gasteiger partial charge on any atom is 0.307 e. The van der Waals surface area contributed by atoms with Crippen LogP contribution in [0.5, 0.6) is 0 Å². The van der Waals surface area contributed by atoms with Gasteiger partial charge in [0.05, 0.1) is 19.1 Å². The summed E-state index contributed by atoms with van der Waals surface area (Å²) in [6, 6.07) is 0. The van der Waals surface area contributed by atoms with Gasteiger partial charge in [0.1, 0.15) is 0 Å². The third kappa shape index (κ3) is 2.49. The van der Waals surface area contributed by atoms with E-state index in [0.717, 1.165) is 39.1 Å². The van der Waals surface area contributed by atoms with Crippen molar-refractivity contribution in [2.75, 3.05) is 32.8 Å². The number of carboxylic acid groups (broad SMARTS) is 1. The highest BCUT2D eigenvalue weighted by atomic mass is 16.5. The monoisotopic (exact) mass is 213 g/mol. The maximum atomic E-state index is 10.9. The van der Waals surface area contributed by atoms with Crippen LogP contribution in [0.25, 0.3) is 0 Å². The van der Waals surface area contributed by atoms with Crippen LogP contribution < -0.4 is 0 Å². The van der Waals surface area contributed by atoms with Gasteiger partial charge in [-0.05, 0) is 19.4 Å². The van der Waals surface area contributed by atoms with Crippen LogP contribution in [0.3, 0.4) is 0 Å². The summed E-state index contributed by atoms with van der Waals surface area (Å²) in [4.78, 5) is 13.2. The number of nitrogens with zero attached hydrogens (tertiary/aromatic N) is 1. The molecule has 0 aliphatic carbocycles. The second-order valence-corrected chi connectivity index (χ2v) is 5.22. The van der Waals surface area contributed by atoms with E-state index in [1.807, 2.05) is 0 Å². The minimum atomic E-state index is -0.644. The summed E-state index contributed by atoms with van der Waals surface area (Å²) < 4.78 is 5.21. The van der Waals surface area contributed by atoms with E-state index in [1.54, 1.807) is 0 Å². The largest absolute Gasteiger partial charge is 0.481 e. The molecular weight excluding hydrogens is 194 g/mol. The Kier molecular flexibility index (Phi) is 2.98. The van der Waals surface area contributed by atoms with E-state index in [1.165, 1.54) is 0 Å². The average Bonchev–Trinajstić information content (AvgIpc) is 2.16. The highest BCUT2D eigenvalue weighted by Crippen LogP contribution is 2.29. The lowest BCUT2D eigenvalue weighted by molar-refractivity contribution is -0.146. The fourth-order valence-corrected chi connectivity index (χ4v) is 2.48. The van der Waals surface area contributed by atoms with Gasteiger partial charge in [-0.2, -0.15) is 0 Å². The summed E-state index contributed by atoms with van der Waals surface area (Å²) in [6.07, 6.45) is 1.84. The Bertz CT molecular complexity index is 250. The van der Waals surface area contributed by atoms with Crippen LogP contribution in [-0.2, 0) is 9.53 Å². The molecule has 2 aliphatic heterocycles. The molecule has 4 nitrogen and oxygen atoms in total. The Morgan fingerprint density at radius 3 is 2.87 bits per heavy atom. The molecule has 2 saturated heterocycles. The third-order valence-electron chi connectivity index (χ3n) is 3.36. The Labute approximate surface area is 90.2 Å². The smallest absolute Gasteiger partial charge is 0.307 e. The summed E-state index contributed by atoms with van der Waals surface area (Å²) in [6.45, 7) is 6.59. The normalized spacial score (nSPS) is 30.9. The first-order chi connectivity index (χ1) is 7.09. The summed E-state index contributed by atoms with van der Waals surface area (Å²) in [7, 11) is 0. The second kappa shape index (κ2) is 4.10. The average molecular weight is 213 g/mol. The molecule has 1 N–H and O–H groups in total. The number of hydrogen-bond acceptors (Lipinski definition) is 3. The molecule has 0 bridgehead atoms. The zero-order valence-corrected chi connectivity index (χ0v) is 9.24. The van der Waals surface area contributed by atoms with E-state index < -0.39 is 5.97 Å². The molecule has 0 aromatic carbocycles. The zero-order chi connectivity index (χ0) is 10.9. The Hall–Kier alpha value is -0.610. The van der Waals surface area contributed by atoms with E-state index in [0.29, 0.717) is 6.54 Å². The second-order valence-electron chi connectivity index (χ2n) is 5.22. The number of rotatable bonds is 3. The van der Waals surface area contributed by atoms with Gasteiger partial charge < -0.3 is 14.7 Å². The quantitative estimate of drug-likeness (QED) is 0.754. The van der Waals surface area contributed by atoms with Crippen LogP contribution in [0.1, 0.15) is 19.8 Å². The van der Waals surface area contributed by atoms with Crippen molar-refractivity contribution in [1.82, 2.24) is 4.90 Å². The molecule has 0 radical (unpaired) electrons. The molecule has 2 rings (SSSR count). The molecule has 0 saturated carbocycles. The number of hydrogen-bond donors (Lipinski definition) is 1. The molecule has 86 valence electrons. The predicted molar refractivity (Wildman–Crippen MR) is 55.7 cm³/mol. The van der Waals surface area contributed by atoms with Crippen molar-refractivity contribution in [3.05, 3.63) is 0 Å². The van der Waals surface area contributed by atoms with Gasteiger partial charge in [-0.15, -0.1) is 0 Å². The molecule has 4 heteroatoms. The summed E-state index contributed by atoms with van der Waals surface area (Å²) >= 11 is 0. The summed E-state index contributed by atoms with van der Waals surface area (Å²) in [5.41, 5.74) is 0.264. The van der Waals surface area contributed by atoms with E-state index in [-0.39, 0.29) is 11.3 Å². The van der Waals surface area contributed by atoms with Crippen LogP contribution in [-0.4, -0.2) is 48.8 Å². The van der Waals surface area contributed by atoms with Crippen LogP contribution in [0.15, 0.2) is 0 Å². The van der Waals surface area contributed by atoms with Crippen molar-refractivity contribution in [1.29, 1.82) is 0 Å². The van der Waals surface area contributed by atoms with Gasteiger partial charge in [-0.1, -0.05) is 6.92 Å². The number of carbonyl (C=O) groups is 1. The molecule has 0 spiro atoms. The molecule has 2 fully saturated rings. The van der Waals surface area contributed by atoms with Gasteiger partial charge >= 0.3 is 5.97 Å². The minimum Gasteiger partial charge on any atom is -0.481 e. The third-order valence-corrected chi connectivity index (χ3v) is 3.36. The van der Waals surface area contributed by atoms with Gasteiger partial charge in [0.25, 0.3) is 0 Å². The minimum absolute atomic E-state index is 0.164. The molecule has 2 aliphatic rings.